The van der Waals surface area contributed by atoms with Gasteiger partial charge < -0.3 is 5.73 Å². The minimum absolute atomic E-state index is 0.263. The standard InChI is InChI=1S/C12H18Cl2N2S/c1-7-3-4-16(6-10(7)15)8(2)9-5-11(13)17-12(9)14/h5,7-8,10H,3-4,6,15H2,1-2H3. The molecule has 0 saturated carbocycles. The average molecular weight is 293 g/mol. The first-order chi connectivity index (χ1) is 7.99. The molecule has 17 heavy (non-hydrogen) atoms. The van der Waals surface area contributed by atoms with Crippen LogP contribution in [0.5, 0.6) is 0 Å². The molecule has 2 nitrogen and oxygen atoms in total. The van der Waals surface area contributed by atoms with Crippen LogP contribution in [0.2, 0.25) is 8.67 Å². The lowest BCUT2D eigenvalue weighted by molar-refractivity contribution is 0.129. The number of piperidine rings is 1. The maximum atomic E-state index is 6.20. The molecule has 0 spiro atoms. The molecule has 1 aromatic heterocycles. The van der Waals surface area contributed by atoms with E-state index >= 15 is 0 Å². The van der Waals surface area contributed by atoms with Crippen LogP contribution in [0.1, 0.15) is 31.9 Å². The Kier molecular flexibility index (Phi) is 4.37. The van der Waals surface area contributed by atoms with Gasteiger partial charge in [-0.2, -0.15) is 0 Å². The highest BCUT2D eigenvalue weighted by Crippen LogP contribution is 2.37. The van der Waals surface area contributed by atoms with Gasteiger partial charge in [0.1, 0.15) is 0 Å². The summed E-state index contributed by atoms with van der Waals surface area (Å²) in [5.41, 5.74) is 7.26. The van der Waals surface area contributed by atoms with Crippen LogP contribution in [-0.4, -0.2) is 24.0 Å². The predicted octanol–water partition coefficient (Wildman–Crippen LogP) is 3.79. The second-order valence-electron chi connectivity index (χ2n) is 4.88. The predicted molar refractivity (Wildman–Crippen MR) is 76.1 cm³/mol. The zero-order valence-electron chi connectivity index (χ0n) is 10.1. The number of thiophene rings is 1. The summed E-state index contributed by atoms with van der Waals surface area (Å²) >= 11 is 13.6. The lowest BCUT2D eigenvalue weighted by atomic mass is 9.93. The van der Waals surface area contributed by atoms with Gasteiger partial charge in [0.15, 0.2) is 0 Å². The van der Waals surface area contributed by atoms with Gasteiger partial charge in [0.25, 0.3) is 0 Å². The van der Waals surface area contributed by atoms with Crippen molar-refractivity contribution in [1.82, 2.24) is 4.90 Å². The Morgan fingerprint density at radius 1 is 1.53 bits per heavy atom. The first-order valence-electron chi connectivity index (χ1n) is 5.93. The fraction of sp³-hybridized carbons (Fsp3) is 0.667. The molecule has 3 atom stereocenters. The molecule has 1 aliphatic rings. The molecule has 1 saturated heterocycles. The Hall–Kier alpha value is 0.200. The van der Waals surface area contributed by atoms with E-state index in [1.165, 1.54) is 11.3 Å². The zero-order valence-corrected chi connectivity index (χ0v) is 12.4. The van der Waals surface area contributed by atoms with Gasteiger partial charge >= 0.3 is 0 Å². The van der Waals surface area contributed by atoms with E-state index in [2.05, 4.69) is 18.7 Å². The minimum atomic E-state index is 0.263. The van der Waals surface area contributed by atoms with Gasteiger partial charge in [-0.25, -0.2) is 0 Å². The first-order valence-corrected chi connectivity index (χ1v) is 7.50. The van der Waals surface area contributed by atoms with Crippen molar-refractivity contribution in [2.24, 2.45) is 11.7 Å². The average Bonchev–Trinajstić information content (AvgIpc) is 2.61. The fourth-order valence-corrected chi connectivity index (χ4v) is 3.95. The Morgan fingerprint density at radius 3 is 2.76 bits per heavy atom. The molecule has 0 aliphatic carbocycles. The van der Waals surface area contributed by atoms with E-state index in [1.54, 1.807) is 0 Å². The summed E-state index contributed by atoms with van der Waals surface area (Å²) in [6.07, 6.45) is 1.15. The minimum Gasteiger partial charge on any atom is -0.326 e. The summed E-state index contributed by atoms with van der Waals surface area (Å²) in [7, 11) is 0. The molecule has 3 unspecified atom stereocenters. The van der Waals surface area contributed by atoms with E-state index in [9.17, 15) is 0 Å². The van der Waals surface area contributed by atoms with Gasteiger partial charge in [-0.3, -0.25) is 4.90 Å². The smallest absolute Gasteiger partial charge is 0.0991 e. The third-order valence-electron chi connectivity index (χ3n) is 3.73. The van der Waals surface area contributed by atoms with Crippen LogP contribution in [0.3, 0.4) is 0 Å². The Bertz CT molecular complexity index is 394. The van der Waals surface area contributed by atoms with E-state index in [4.69, 9.17) is 28.9 Å². The summed E-state index contributed by atoms with van der Waals surface area (Å²) < 4.78 is 1.56. The van der Waals surface area contributed by atoms with E-state index in [-0.39, 0.29) is 6.04 Å². The molecule has 5 heteroatoms. The topological polar surface area (TPSA) is 29.3 Å². The van der Waals surface area contributed by atoms with Crippen molar-refractivity contribution >= 4 is 34.5 Å². The van der Waals surface area contributed by atoms with Gasteiger partial charge in [-0.1, -0.05) is 30.1 Å². The number of hydrogen-bond acceptors (Lipinski definition) is 3. The molecule has 96 valence electrons. The van der Waals surface area contributed by atoms with Crippen molar-refractivity contribution in [3.05, 3.63) is 20.3 Å². The van der Waals surface area contributed by atoms with Crippen LogP contribution in [0.15, 0.2) is 6.07 Å². The van der Waals surface area contributed by atoms with E-state index < -0.39 is 0 Å². The summed E-state index contributed by atoms with van der Waals surface area (Å²) in [5.74, 6) is 0.611. The monoisotopic (exact) mass is 292 g/mol. The van der Waals surface area contributed by atoms with E-state index in [0.29, 0.717) is 12.0 Å². The van der Waals surface area contributed by atoms with Crippen molar-refractivity contribution in [2.45, 2.75) is 32.4 Å². The largest absolute Gasteiger partial charge is 0.326 e. The van der Waals surface area contributed by atoms with Gasteiger partial charge in [0.2, 0.25) is 0 Å². The highest BCUT2D eigenvalue weighted by Gasteiger charge is 2.28. The van der Waals surface area contributed by atoms with Crippen LogP contribution in [0, 0.1) is 5.92 Å². The van der Waals surface area contributed by atoms with Crippen molar-refractivity contribution in [3.8, 4) is 0 Å². The molecule has 0 aromatic carbocycles. The second kappa shape index (κ2) is 5.45. The molecule has 2 rings (SSSR count). The summed E-state index contributed by atoms with van der Waals surface area (Å²) in [6.45, 7) is 6.42. The van der Waals surface area contributed by atoms with Gasteiger partial charge in [0.05, 0.1) is 8.67 Å². The van der Waals surface area contributed by atoms with Crippen molar-refractivity contribution in [3.63, 3.8) is 0 Å². The fourth-order valence-electron chi connectivity index (χ4n) is 2.31. The second-order valence-corrected chi connectivity index (χ2v) is 7.17. The number of hydrogen-bond donors (Lipinski definition) is 1. The highest BCUT2D eigenvalue weighted by molar-refractivity contribution is 7.20. The summed E-state index contributed by atoms with van der Waals surface area (Å²) in [5, 5.41) is 0. The van der Waals surface area contributed by atoms with Gasteiger partial charge in [-0.15, -0.1) is 11.3 Å². The normalized spacial score (nSPS) is 28.3. The van der Waals surface area contributed by atoms with Crippen LogP contribution < -0.4 is 5.73 Å². The number of nitrogens with two attached hydrogens (primary N) is 1. The van der Waals surface area contributed by atoms with Crippen molar-refractivity contribution < 1.29 is 0 Å². The van der Waals surface area contributed by atoms with Gasteiger partial charge in [-0.05, 0) is 31.9 Å². The first kappa shape index (κ1) is 13.6. The number of nitrogens with zero attached hydrogens (tertiary/aromatic N) is 1. The molecule has 1 aromatic rings. The van der Waals surface area contributed by atoms with E-state index in [0.717, 1.165) is 33.7 Å². The molecule has 0 amide bonds. The molecule has 0 radical (unpaired) electrons. The summed E-state index contributed by atoms with van der Waals surface area (Å²) in [6, 6.07) is 2.53. The van der Waals surface area contributed by atoms with Crippen molar-refractivity contribution in [1.29, 1.82) is 0 Å². The summed E-state index contributed by atoms with van der Waals surface area (Å²) in [4.78, 5) is 2.40. The third-order valence-corrected chi connectivity index (χ3v) is 5.25. The molecule has 2 heterocycles. The maximum absolute atomic E-state index is 6.20. The molecule has 1 aliphatic heterocycles. The van der Waals surface area contributed by atoms with Crippen LogP contribution in [-0.2, 0) is 0 Å². The molecule has 0 bridgehead atoms. The highest BCUT2D eigenvalue weighted by atomic mass is 35.5. The number of halogens is 2. The van der Waals surface area contributed by atoms with Crippen LogP contribution in [0.4, 0.5) is 0 Å². The quantitative estimate of drug-likeness (QED) is 0.899. The molecule has 2 N–H and O–H groups in total. The molecule has 1 fully saturated rings. The van der Waals surface area contributed by atoms with Crippen LogP contribution >= 0.6 is 34.5 Å². The van der Waals surface area contributed by atoms with E-state index in [1.807, 2.05) is 6.07 Å². The molecular formula is C12H18Cl2N2S. The van der Waals surface area contributed by atoms with Crippen LogP contribution in [0.25, 0.3) is 0 Å². The number of likely N-dealkylation sites (tertiary alicyclic amines) is 1. The lowest BCUT2D eigenvalue weighted by Crippen LogP contribution is -2.48. The lowest BCUT2D eigenvalue weighted by Gasteiger charge is -2.38. The third kappa shape index (κ3) is 2.96. The Labute approximate surface area is 117 Å². The Balaban J connectivity index is 2.10. The maximum Gasteiger partial charge on any atom is 0.0991 e. The number of rotatable bonds is 2. The Morgan fingerprint density at radius 2 is 2.24 bits per heavy atom. The van der Waals surface area contributed by atoms with Gasteiger partial charge in [0, 0.05) is 24.2 Å². The van der Waals surface area contributed by atoms with Crippen molar-refractivity contribution in [2.75, 3.05) is 13.1 Å². The zero-order chi connectivity index (χ0) is 12.6. The SMILES string of the molecule is CC1CCN(C(C)c2cc(Cl)sc2Cl)CC1N. The molecular weight excluding hydrogens is 275 g/mol.